The summed E-state index contributed by atoms with van der Waals surface area (Å²) in [7, 11) is 1.73. The fourth-order valence-corrected chi connectivity index (χ4v) is 4.04. The van der Waals surface area contributed by atoms with E-state index in [1.807, 2.05) is 11.3 Å². The van der Waals surface area contributed by atoms with Crippen LogP contribution in [0.3, 0.4) is 0 Å². The molecule has 1 atom stereocenters. The van der Waals surface area contributed by atoms with E-state index in [0.717, 1.165) is 52.2 Å². The summed E-state index contributed by atoms with van der Waals surface area (Å²) in [5.74, 6) is 0.536. The largest absolute Gasteiger partial charge is 0.383 e. The van der Waals surface area contributed by atoms with Crippen molar-refractivity contribution in [2.24, 2.45) is 5.92 Å². The topological polar surface area (TPSA) is 32.8 Å². The quantitative estimate of drug-likeness (QED) is 0.845. The maximum Gasteiger partial charge on any atom is 0.227 e. The van der Waals surface area contributed by atoms with E-state index in [-0.39, 0.29) is 5.92 Å². The van der Waals surface area contributed by atoms with Crippen LogP contribution in [0.2, 0.25) is 0 Å². The molecule has 5 heteroatoms. The average Bonchev–Trinajstić information content (AvgIpc) is 3.12. The molecule has 0 aromatic carbocycles. The normalized spacial score (nSPS) is 23.1. The number of thiophene rings is 1. The van der Waals surface area contributed by atoms with Gasteiger partial charge in [-0.15, -0.1) is 11.3 Å². The minimum absolute atomic E-state index is 0.187. The molecule has 1 amide bonds. The molecule has 0 saturated carbocycles. The van der Waals surface area contributed by atoms with Crippen LogP contribution in [-0.2, 0) is 22.5 Å². The summed E-state index contributed by atoms with van der Waals surface area (Å²) in [4.78, 5) is 18.5. The van der Waals surface area contributed by atoms with Gasteiger partial charge in [-0.2, -0.15) is 0 Å². The number of likely N-dealkylation sites (tertiary alicyclic amines) is 1. The molecule has 4 nitrogen and oxygen atoms in total. The van der Waals surface area contributed by atoms with Gasteiger partial charge in [0.25, 0.3) is 0 Å². The highest BCUT2D eigenvalue weighted by atomic mass is 32.1. The van der Waals surface area contributed by atoms with Gasteiger partial charge in [0.2, 0.25) is 5.91 Å². The van der Waals surface area contributed by atoms with E-state index < -0.39 is 0 Å². The molecular weight excluding hydrogens is 272 g/mol. The molecule has 2 aliphatic heterocycles. The molecule has 1 unspecified atom stereocenters. The van der Waals surface area contributed by atoms with E-state index in [1.165, 1.54) is 10.4 Å². The van der Waals surface area contributed by atoms with Gasteiger partial charge in [-0.25, -0.2) is 0 Å². The number of rotatable bonds is 4. The van der Waals surface area contributed by atoms with E-state index in [1.54, 1.807) is 7.11 Å². The first kappa shape index (κ1) is 14.0. The highest BCUT2D eigenvalue weighted by Crippen LogP contribution is 2.26. The maximum atomic E-state index is 12.6. The van der Waals surface area contributed by atoms with Gasteiger partial charge < -0.3 is 14.5 Å². The molecule has 0 radical (unpaired) electrons. The molecule has 0 aliphatic carbocycles. The van der Waals surface area contributed by atoms with Crippen molar-refractivity contribution >= 4 is 17.2 Å². The lowest BCUT2D eigenvalue weighted by molar-refractivity contribution is -0.136. The van der Waals surface area contributed by atoms with Crippen molar-refractivity contribution < 1.29 is 9.53 Å². The first-order valence-corrected chi connectivity index (χ1v) is 8.21. The van der Waals surface area contributed by atoms with Crippen LogP contribution in [0.4, 0.5) is 0 Å². The molecule has 110 valence electrons. The van der Waals surface area contributed by atoms with Crippen molar-refractivity contribution in [1.29, 1.82) is 0 Å². The molecule has 1 fully saturated rings. The Morgan fingerprint density at radius 3 is 3.25 bits per heavy atom. The lowest BCUT2D eigenvalue weighted by Gasteiger charge is -2.29. The first-order valence-electron chi connectivity index (χ1n) is 7.33. The van der Waals surface area contributed by atoms with Gasteiger partial charge in [-0.3, -0.25) is 4.79 Å². The summed E-state index contributed by atoms with van der Waals surface area (Å²) in [6.45, 7) is 5.32. The molecule has 2 aliphatic rings. The number of nitrogens with zero attached hydrogens (tertiary/aromatic N) is 2. The minimum Gasteiger partial charge on any atom is -0.383 e. The van der Waals surface area contributed by atoms with Gasteiger partial charge in [-0.1, -0.05) is 0 Å². The Kier molecular flexibility index (Phi) is 4.38. The zero-order valence-corrected chi connectivity index (χ0v) is 12.8. The summed E-state index contributed by atoms with van der Waals surface area (Å²) in [5, 5.41) is 2.14. The van der Waals surface area contributed by atoms with E-state index in [9.17, 15) is 4.79 Å². The van der Waals surface area contributed by atoms with Gasteiger partial charge in [0.15, 0.2) is 0 Å². The van der Waals surface area contributed by atoms with Crippen LogP contribution in [0.5, 0.6) is 0 Å². The maximum absolute atomic E-state index is 12.6. The van der Waals surface area contributed by atoms with Crippen molar-refractivity contribution in [1.82, 2.24) is 9.80 Å². The standard InChI is InChI=1S/C15H22N2O2S/c1-19-8-7-16-5-2-13(10-16)15(18)17-6-3-14-12(11-17)4-9-20-14/h4,9,13H,2-3,5-8,10-11H2,1H3. The number of carbonyl (C=O) groups is 1. The number of methoxy groups -OCH3 is 1. The van der Waals surface area contributed by atoms with Crippen molar-refractivity contribution in [2.45, 2.75) is 19.4 Å². The highest BCUT2D eigenvalue weighted by Gasteiger charge is 2.32. The molecule has 0 N–H and O–H groups in total. The number of hydrogen-bond donors (Lipinski definition) is 0. The van der Waals surface area contributed by atoms with Crippen molar-refractivity contribution in [2.75, 3.05) is 39.9 Å². The van der Waals surface area contributed by atoms with Crippen LogP contribution in [0, 0.1) is 5.92 Å². The summed E-state index contributed by atoms with van der Waals surface area (Å²) in [5.41, 5.74) is 1.35. The zero-order chi connectivity index (χ0) is 13.9. The number of carbonyl (C=O) groups excluding carboxylic acids is 1. The fraction of sp³-hybridized carbons (Fsp3) is 0.667. The second-order valence-electron chi connectivity index (χ2n) is 5.66. The Labute approximate surface area is 124 Å². The molecule has 20 heavy (non-hydrogen) atoms. The Balaban J connectivity index is 1.55. The third-order valence-corrected chi connectivity index (χ3v) is 5.38. The summed E-state index contributed by atoms with van der Waals surface area (Å²) < 4.78 is 5.11. The van der Waals surface area contributed by atoms with Crippen LogP contribution >= 0.6 is 11.3 Å². The SMILES string of the molecule is COCCN1CCC(C(=O)N2CCc3sccc3C2)C1. The fourth-order valence-electron chi connectivity index (χ4n) is 3.15. The second kappa shape index (κ2) is 6.24. The zero-order valence-electron chi connectivity index (χ0n) is 12.0. The van der Waals surface area contributed by atoms with Gasteiger partial charge in [-0.05, 0) is 36.4 Å². The summed E-state index contributed by atoms with van der Waals surface area (Å²) >= 11 is 1.82. The molecule has 3 heterocycles. The molecule has 1 saturated heterocycles. The van der Waals surface area contributed by atoms with Crippen LogP contribution in [0.25, 0.3) is 0 Å². The van der Waals surface area contributed by atoms with Gasteiger partial charge >= 0.3 is 0 Å². The third kappa shape index (κ3) is 2.90. The minimum atomic E-state index is 0.187. The van der Waals surface area contributed by atoms with Crippen molar-refractivity contribution in [3.63, 3.8) is 0 Å². The molecule has 0 bridgehead atoms. The second-order valence-corrected chi connectivity index (χ2v) is 6.66. The predicted octanol–water partition coefficient (Wildman–Crippen LogP) is 1.60. The lowest BCUT2D eigenvalue weighted by atomic mass is 10.0. The third-order valence-electron chi connectivity index (χ3n) is 4.35. The predicted molar refractivity (Wildman–Crippen MR) is 79.9 cm³/mol. The first-order chi connectivity index (χ1) is 9.78. The van der Waals surface area contributed by atoms with E-state index >= 15 is 0 Å². The number of amides is 1. The average molecular weight is 294 g/mol. The van der Waals surface area contributed by atoms with E-state index in [0.29, 0.717) is 5.91 Å². The lowest BCUT2D eigenvalue weighted by Crippen LogP contribution is -2.40. The molecule has 3 rings (SSSR count). The van der Waals surface area contributed by atoms with Crippen LogP contribution in [0.1, 0.15) is 16.9 Å². The van der Waals surface area contributed by atoms with E-state index in [2.05, 4.69) is 21.2 Å². The smallest absolute Gasteiger partial charge is 0.227 e. The van der Waals surface area contributed by atoms with Gasteiger partial charge in [0, 0.05) is 38.2 Å². The number of ether oxygens (including phenoxy) is 1. The number of fused-ring (bicyclic) bond motifs is 1. The Morgan fingerprint density at radius 1 is 1.50 bits per heavy atom. The summed E-state index contributed by atoms with van der Waals surface area (Å²) in [6, 6.07) is 2.17. The van der Waals surface area contributed by atoms with Crippen molar-refractivity contribution in [3.05, 3.63) is 21.9 Å². The molecule has 0 spiro atoms. The van der Waals surface area contributed by atoms with Gasteiger partial charge in [0.1, 0.15) is 0 Å². The van der Waals surface area contributed by atoms with Crippen molar-refractivity contribution in [3.8, 4) is 0 Å². The monoisotopic (exact) mass is 294 g/mol. The van der Waals surface area contributed by atoms with Gasteiger partial charge in [0.05, 0.1) is 12.5 Å². The number of hydrogen-bond acceptors (Lipinski definition) is 4. The van der Waals surface area contributed by atoms with Crippen LogP contribution in [-0.4, -0.2) is 55.6 Å². The Hall–Kier alpha value is -0.910. The highest BCUT2D eigenvalue weighted by molar-refractivity contribution is 7.10. The molecule has 1 aromatic rings. The summed E-state index contributed by atoms with van der Waals surface area (Å²) in [6.07, 6.45) is 2.02. The molecule has 1 aromatic heterocycles. The Bertz CT molecular complexity index is 474. The van der Waals surface area contributed by atoms with Crippen LogP contribution in [0.15, 0.2) is 11.4 Å². The Morgan fingerprint density at radius 2 is 2.40 bits per heavy atom. The van der Waals surface area contributed by atoms with E-state index in [4.69, 9.17) is 4.74 Å². The molecular formula is C15H22N2O2S. The van der Waals surface area contributed by atoms with Crippen LogP contribution < -0.4 is 0 Å².